The van der Waals surface area contributed by atoms with Gasteiger partial charge in [0.1, 0.15) is 17.1 Å². The third-order valence-electron chi connectivity index (χ3n) is 3.36. The van der Waals surface area contributed by atoms with E-state index in [9.17, 15) is 5.11 Å². The molecule has 2 N–H and O–H groups in total. The van der Waals surface area contributed by atoms with Crippen molar-refractivity contribution in [2.75, 3.05) is 11.9 Å². The van der Waals surface area contributed by atoms with E-state index in [4.69, 9.17) is 20.5 Å². The van der Waals surface area contributed by atoms with Crippen LogP contribution < -0.4 is 5.32 Å². The Morgan fingerprint density at radius 3 is 2.83 bits per heavy atom. The molecule has 7 heteroatoms. The summed E-state index contributed by atoms with van der Waals surface area (Å²) < 4.78 is 10.6. The van der Waals surface area contributed by atoms with Crippen LogP contribution in [0.3, 0.4) is 0 Å². The van der Waals surface area contributed by atoms with Crippen molar-refractivity contribution in [3.8, 4) is 11.4 Å². The van der Waals surface area contributed by atoms with E-state index in [1.807, 2.05) is 19.1 Å². The Hall–Kier alpha value is -2.31. The topological polar surface area (TPSA) is 84.3 Å². The minimum Gasteiger partial charge on any atom is -0.463 e. The molecule has 0 spiro atoms. The largest absolute Gasteiger partial charge is 0.463 e. The molecule has 1 unspecified atom stereocenters. The van der Waals surface area contributed by atoms with Gasteiger partial charge in [-0.3, -0.25) is 0 Å². The molecular weight excluding hydrogens is 318 g/mol. The summed E-state index contributed by atoms with van der Waals surface area (Å²) in [5, 5.41) is 17.9. The molecule has 0 amide bonds. The Kier molecular flexibility index (Phi) is 4.11. The first-order valence-electron chi connectivity index (χ1n) is 7.07. The summed E-state index contributed by atoms with van der Waals surface area (Å²) in [7, 11) is 0. The molecule has 0 radical (unpaired) electrons. The average Bonchev–Trinajstić information content (AvgIpc) is 3.14. The number of hydrogen-bond acceptors (Lipinski definition) is 6. The number of anilines is 1. The summed E-state index contributed by atoms with van der Waals surface area (Å²) in [5.41, 5.74) is -0.443. The minimum atomic E-state index is -1.20. The lowest BCUT2D eigenvalue weighted by Gasteiger charge is -2.20. The first-order chi connectivity index (χ1) is 10.9. The highest BCUT2D eigenvalue weighted by molar-refractivity contribution is 6.30. The van der Waals surface area contributed by atoms with Crippen LogP contribution in [0.2, 0.25) is 5.02 Å². The van der Waals surface area contributed by atoms with Crippen LogP contribution in [-0.4, -0.2) is 21.8 Å². The van der Waals surface area contributed by atoms with Gasteiger partial charge >= 0.3 is 6.01 Å². The average molecular weight is 334 g/mol. The third kappa shape index (κ3) is 3.55. The fraction of sp³-hybridized carbons (Fsp3) is 0.250. The summed E-state index contributed by atoms with van der Waals surface area (Å²) >= 11 is 5.95. The highest BCUT2D eigenvalue weighted by Gasteiger charge is 2.27. The van der Waals surface area contributed by atoms with E-state index in [1.165, 1.54) is 0 Å². The fourth-order valence-electron chi connectivity index (χ4n) is 2.10. The molecule has 120 valence electrons. The van der Waals surface area contributed by atoms with Crippen LogP contribution >= 0.6 is 11.6 Å². The molecule has 1 atom stereocenters. The smallest absolute Gasteiger partial charge is 0.321 e. The van der Waals surface area contributed by atoms with Gasteiger partial charge in [0.05, 0.1) is 6.54 Å². The van der Waals surface area contributed by atoms with Gasteiger partial charge in [0.25, 0.3) is 0 Å². The van der Waals surface area contributed by atoms with Crippen LogP contribution in [0.15, 0.2) is 45.3 Å². The van der Waals surface area contributed by atoms with Gasteiger partial charge in [0.15, 0.2) is 0 Å². The lowest BCUT2D eigenvalue weighted by molar-refractivity contribution is 0.0462. The van der Waals surface area contributed by atoms with E-state index in [1.54, 1.807) is 31.2 Å². The second-order valence-corrected chi connectivity index (χ2v) is 5.91. The number of aromatic nitrogens is 2. The van der Waals surface area contributed by atoms with Crippen LogP contribution in [0.1, 0.15) is 18.4 Å². The summed E-state index contributed by atoms with van der Waals surface area (Å²) in [6.45, 7) is 3.63. The third-order valence-corrected chi connectivity index (χ3v) is 3.60. The Morgan fingerprint density at radius 1 is 1.30 bits per heavy atom. The molecule has 0 aliphatic carbocycles. The molecule has 0 fully saturated rings. The Morgan fingerprint density at radius 2 is 2.13 bits per heavy atom. The number of aryl methyl sites for hydroxylation is 1. The number of furan rings is 1. The monoisotopic (exact) mass is 333 g/mol. The zero-order chi connectivity index (χ0) is 16.4. The number of nitrogens with one attached hydrogen (secondary N) is 1. The summed E-state index contributed by atoms with van der Waals surface area (Å²) in [4.78, 5) is 4.23. The van der Waals surface area contributed by atoms with Crippen molar-refractivity contribution in [3.05, 3.63) is 52.9 Å². The molecule has 23 heavy (non-hydrogen) atoms. The van der Waals surface area contributed by atoms with E-state index in [0.29, 0.717) is 16.6 Å². The maximum atomic E-state index is 10.5. The highest BCUT2D eigenvalue weighted by atomic mass is 35.5. The molecule has 6 nitrogen and oxygen atoms in total. The molecule has 0 aliphatic rings. The number of benzene rings is 1. The number of halogens is 1. The highest BCUT2D eigenvalue weighted by Crippen LogP contribution is 2.24. The summed E-state index contributed by atoms with van der Waals surface area (Å²) in [6, 6.07) is 10.9. The number of aliphatic hydroxyl groups is 1. The molecule has 3 aromatic rings. The van der Waals surface area contributed by atoms with Gasteiger partial charge in [0.2, 0.25) is 5.82 Å². The summed E-state index contributed by atoms with van der Waals surface area (Å²) in [5.74, 6) is 1.63. The maximum Gasteiger partial charge on any atom is 0.321 e. The Balaban J connectivity index is 1.70. The number of nitrogens with zero attached hydrogens (tertiary/aromatic N) is 2. The van der Waals surface area contributed by atoms with Crippen LogP contribution in [-0.2, 0) is 5.60 Å². The van der Waals surface area contributed by atoms with E-state index in [0.717, 1.165) is 11.3 Å². The van der Waals surface area contributed by atoms with Crippen molar-refractivity contribution < 1.29 is 14.0 Å². The van der Waals surface area contributed by atoms with Gasteiger partial charge in [0, 0.05) is 10.6 Å². The molecular formula is C16H16ClN3O3. The van der Waals surface area contributed by atoms with Gasteiger partial charge in [-0.15, -0.1) is 0 Å². The fourth-order valence-corrected chi connectivity index (χ4v) is 2.29. The van der Waals surface area contributed by atoms with Crippen LogP contribution in [0.25, 0.3) is 11.4 Å². The molecule has 0 aliphatic heterocycles. The molecule has 0 saturated heterocycles. The van der Waals surface area contributed by atoms with Crippen molar-refractivity contribution in [2.45, 2.75) is 19.4 Å². The molecule has 2 heterocycles. The summed E-state index contributed by atoms with van der Waals surface area (Å²) in [6.07, 6.45) is 0. The van der Waals surface area contributed by atoms with Crippen molar-refractivity contribution in [1.29, 1.82) is 0 Å². The van der Waals surface area contributed by atoms with Gasteiger partial charge in [-0.2, -0.15) is 4.98 Å². The van der Waals surface area contributed by atoms with Crippen molar-refractivity contribution in [3.63, 3.8) is 0 Å². The standard InChI is InChI=1S/C16H16ClN3O3/c1-10-6-7-13(22-10)16(2,21)9-18-15-19-14(20-23-15)11-4-3-5-12(17)8-11/h3-8,21H,9H2,1-2H3,(H,18,19,20). The van der Waals surface area contributed by atoms with Gasteiger partial charge in [-0.1, -0.05) is 28.9 Å². The second-order valence-electron chi connectivity index (χ2n) is 5.47. The van der Waals surface area contributed by atoms with Gasteiger partial charge in [-0.25, -0.2) is 0 Å². The SMILES string of the molecule is Cc1ccc(C(C)(O)CNc2nc(-c3cccc(Cl)c3)no2)o1. The quantitative estimate of drug-likeness (QED) is 0.742. The molecule has 3 rings (SSSR count). The molecule has 1 aromatic carbocycles. The van der Waals surface area contributed by atoms with E-state index >= 15 is 0 Å². The predicted molar refractivity (Wildman–Crippen MR) is 86.2 cm³/mol. The minimum absolute atomic E-state index is 0.164. The van der Waals surface area contributed by atoms with Gasteiger partial charge in [-0.05, 0) is 38.1 Å². The number of rotatable bonds is 5. The van der Waals surface area contributed by atoms with Crippen LogP contribution in [0.5, 0.6) is 0 Å². The first kappa shape index (κ1) is 15.6. The second kappa shape index (κ2) is 6.06. The first-order valence-corrected chi connectivity index (χ1v) is 7.45. The van der Waals surface area contributed by atoms with E-state index in [-0.39, 0.29) is 12.6 Å². The molecule has 0 bridgehead atoms. The normalized spacial score (nSPS) is 13.7. The molecule has 0 saturated carbocycles. The maximum absolute atomic E-state index is 10.5. The van der Waals surface area contributed by atoms with E-state index in [2.05, 4.69) is 15.5 Å². The van der Waals surface area contributed by atoms with Crippen LogP contribution in [0.4, 0.5) is 6.01 Å². The Labute approximate surface area is 138 Å². The van der Waals surface area contributed by atoms with Crippen molar-refractivity contribution >= 4 is 17.6 Å². The van der Waals surface area contributed by atoms with Crippen molar-refractivity contribution in [2.24, 2.45) is 0 Å². The Bertz CT molecular complexity index is 810. The molecule has 2 aromatic heterocycles. The van der Waals surface area contributed by atoms with E-state index < -0.39 is 5.60 Å². The zero-order valence-electron chi connectivity index (χ0n) is 12.7. The lowest BCUT2D eigenvalue weighted by atomic mass is 10.0. The number of hydrogen-bond donors (Lipinski definition) is 2. The lowest BCUT2D eigenvalue weighted by Crippen LogP contribution is -2.30. The predicted octanol–water partition coefficient (Wildman–Crippen LogP) is 3.61. The van der Waals surface area contributed by atoms with Crippen LogP contribution in [0, 0.1) is 6.92 Å². The van der Waals surface area contributed by atoms with Crippen molar-refractivity contribution in [1.82, 2.24) is 10.1 Å². The zero-order valence-corrected chi connectivity index (χ0v) is 13.5. The van der Waals surface area contributed by atoms with Gasteiger partial charge < -0.3 is 19.4 Å².